The Balaban J connectivity index is 1.44. The van der Waals surface area contributed by atoms with E-state index in [9.17, 15) is 14.4 Å². The van der Waals surface area contributed by atoms with E-state index in [1.807, 2.05) is 0 Å². The molecule has 0 radical (unpaired) electrons. The van der Waals surface area contributed by atoms with Crippen molar-refractivity contribution in [3.05, 3.63) is 58.6 Å². The van der Waals surface area contributed by atoms with Gasteiger partial charge in [0.25, 0.3) is 11.8 Å². The second-order valence-electron chi connectivity index (χ2n) is 5.90. The van der Waals surface area contributed by atoms with Crippen LogP contribution in [-0.2, 0) is 0 Å². The van der Waals surface area contributed by atoms with Crippen LogP contribution in [0.4, 0.5) is 0 Å². The molecule has 1 aromatic carbocycles. The molecule has 9 heteroatoms. The number of aromatic amines is 1. The van der Waals surface area contributed by atoms with Crippen LogP contribution in [0.1, 0.15) is 20.8 Å². The van der Waals surface area contributed by atoms with Crippen LogP contribution >= 0.6 is 0 Å². The summed E-state index contributed by atoms with van der Waals surface area (Å²) in [6, 6.07) is 4.83. The zero-order valence-corrected chi connectivity index (χ0v) is 13.7. The number of piperazine rings is 1. The second-order valence-corrected chi connectivity index (χ2v) is 5.90. The molecule has 0 bridgehead atoms. The lowest BCUT2D eigenvalue weighted by Gasteiger charge is -2.34. The first kappa shape index (κ1) is 16.0. The van der Waals surface area contributed by atoms with E-state index < -0.39 is 5.76 Å². The Bertz CT molecular complexity index is 1020. The maximum absolute atomic E-state index is 12.7. The molecule has 4 rings (SSSR count). The molecule has 0 saturated carbocycles. The summed E-state index contributed by atoms with van der Waals surface area (Å²) in [6.45, 7) is 1.67. The van der Waals surface area contributed by atoms with Crippen LogP contribution in [-0.4, -0.2) is 62.7 Å². The Hall–Kier alpha value is -3.49. The SMILES string of the molecule is O=C(c1ccc2[nH]c(=O)oc2c1)N1CCN(C(=O)c2cnccn2)CC1. The monoisotopic (exact) mass is 353 g/mol. The lowest BCUT2D eigenvalue weighted by atomic mass is 10.1. The van der Waals surface area contributed by atoms with Crippen molar-refractivity contribution in [3.8, 4) is 0 Å². The predicted molar refractivity (Wildman–Crippen MR) is 90.7 cm³/mol. The molecule has 1 aliphatic heterocycles. The highest BCUT2D eigenvalue weighted by Gasteiger charge is 2.26. The molecule has 1 aliphatic rings. The van der Waals surface area contributed by atoms with Crippen LogP contribution in [0.2, 0.25) is 0 Å². The summed E-state index contributed by atoms with van der Waals surface area (Å²) in [6.07, 6.45) is 4.42. The Kier molecular flexibility index (Phi) is 3.96. The number of nitrogens with one attached hydrogen (secondary N) is 1. The number of fused-ring (bicyclic) bond motifs is 1. The lowest BCUT2D eigenvalue weighted by molar-refractivity contribution is 0.0532. The number of H-pyrrole nitrogens is 1. The number of nitrogens with zero attached hydrogens (tertiary/aromatic N) is 4. The van der Waals surface area contributed by atoms with Crippen molar-refractivity contribution in [1.29, 1.82) is 0 Å². The first-order chi connectivity index (χ1) is 12.6. The molecule has 1 N–H and O–H groups in total. The van der Waals surface area contributed by atoms with Crippen molar-refractivity contribution in [2.24, 2.45) is 0 Å². The minimum absolute atomic E-state index is 0.164. The topological polar surface area (TPSA) is 112 Å². The van der Waals surface area contributed by atoms with E-state index in [2.05, 4.69) is 15.0 Å². The lowest BCUT2D eigenvalue weighted by Crippen LogP contribution is -2.50. The van der Waals surface area contributed by atoms with E-state index in [4.69, 9.17) is 4.42 Å². The van der Waals surface area contributed by atoms with Gasteiger partial charge in [0, 0.05) is 44.1 Å². The standard InChI is InChI=1S/C17H15N5O4/c23-15(11-1-2-12-14(9-11)26-17(25)20-12)21-5-7-22(8-6-21)16(24)13-10-18-3-4-19-13/h1-4,9-10H,5-8H2,(H,20,25). The zero-order valence-electron chi connectivity index (χ0n) is 13.7. The van der Waals surface area contributed by atoms with Gasteiger partial charge in [0.1, 0.15) is 5.69 Å². The zero-order chi connectivity index (χ0) is 18.1. The average molecular weight is 353 g/mol. The van der Waals surface area contributed by atoms with Gasteiger partial charge in [0.15, 0.2) is 5.58 Å². The number of aromatic nitrogens is 3. The predicted octanol–water partition coefficient (Wildman–Crippen LogP) is 0.509. The molecule has 3 heterocycles. The van der Waals surface area contributed by atoms with Crippen LogP contribution in [0.25, 0.3) is 11.1 Å². The minimum atomic E-state index is -0.555. The molecule has 132 valence electrons. The molecule has 0 aliphatic carbocycles. The van der Waals surface area contributed by atoms with Gasteiger partial charge in [-0.05, 0) is 18.2 Å². The molecule has 9 nitrogen and oxygen atoms in total. The Labute approximate surface area is 147 Å². The molecule has 0 unspecified atom stereocenters. The van der Waals surface area contributed by atoms with E-state index in [0.717, 1.165) is 0 Å². The van der Waals surface area contributed by atoms with Gasteiger partial charge >= 0.3 is 5.76 Å². The van der Waals surface area contributed by atoms with Crippen molar-refractivity contribution in [1.82, 2.24) is 24.8 Å². The molecule has 2 aromatic heterocycles. The summed E-state index contributed by atoms with van der Waals surface area (Å²) >= 11 is 0. The van der Waals surface area contributed by atoms with Crippen molar-refractivity contribution >= 4 is 22.9 Å². The van der Waals surface area contributed by atoms with E-state index >= 15 is 0 Å². The van der Waals surface area contributed by atoms with Crippen molar-refractivity contribution < 1.29 is 14.0 Å². The first-order valence-corrected chi connectivity index (χ1v) is 8.09. The molecule has 3 aromatic rings. The Morgan fingerprint density at radius 1 is 1.04 bits per heavy atom. The number of amides is 2. The molecule has 0 spiro atoms. The van der Waals surface area contributed by atoms with Crippen LogP contribution in [0, 0.1) is 0 Å². The fraction of sp³-hybridized carbons (Fsp3) is 0.235. The fourth-order valence-electron chi connectivity index (χ4n) is 2.95. The van der Waals surface area contributed by atoms with Crippen LogP contribution < -0.4 is 5.76 Å². The Morgan fingerprint density at radius 3 is 2.46 bits per heavy atom. The third kappa shape index (κ3) is 2.94. The summed E-state index contributed by atoms with van der Waals surface area (Å²) in [5.74, 6) is -0.913. The van der Waals surface area contributed by atoms with E-state index in [1.54, 1.807) is 28.0 Å². The van der Waals surface area contributed by atoms with E-state index in [1.165, 1.54) is 18.6 Å². The van der Waals surface area contributed by atoms with Gasteiger partial charge in [-0.1, -0.05) is 0 Å². The largest absolute Gasteiger partial charge is 0.417 e. The molecule has 1 fully saturated rings. The van der Waals surface area contributed by atoms with Crippen LogP contribution in [0.3, 0.4) is 0 Å². The molecule has 2 amide bonds. The minimum Gasteiger partial charge on any atom is -0.408 e. The van der Waals surface area contributed by atoms with Gasteiger partial charge in [-0.2, -0.15) is 0 Å². The number of hydrogen-bond acceptors (Lipinski definition) is 6. The smallest absolute Gasteiger partial charge is 0.408 e. The summed E-state index contributed by atoms with van der Waals surface area (Å²) in [5, 5.41) is 0. The highest BCUT2D eigenvalue weighted by atomic mass is 16.4. The number of carbonyl (C=O) groups excluding carboxylic acids is 2. The molecule has 26 heavy (non-hydrogen) atoms. The molecule has 1 saturated heterocycles. The van der Waals surface area contributed by atoms with Crippen molar-refractivity contribution in [3.63, 3.8) is 0 Å². The van der Waals surface area contributed by atoms with Gasteiger partial charge in [0.2, 0.25) is 0 Å². The summed E-state index contributed by atoms with van der Waals surface area (Å²) in [5.41, 5.74) is 1.62. The van der Waals surface area contributed by atoms with Gasteiger partial charge in [-0.15, -0.1) is 0 Å². The van der Waals surface area contributed by atoms with Gasteiger partial charge in [-0.3, -0.25) is 19.6 Å². The third-order valence-corrected chi connectivity index (χ3v) is 4.30. The van der Waals surface area contributed by atoms with Crippen LogP contribution in [0.15, 0.2) is 46.0 Å². The fourth-order valence-corrected chi connectivity index (χ4v) is 2.95. The highest BCUT2D eigenvalue weighted by Crippen LogP contribution is 2.16. The maximum Gasteiger partial charge on any atom is 0.417 e. The van der Waals surface area contributed by atoms with E-state index in [0.29, 0.717) is 48.5 Å². The van der Waals surface area contributed by atoms with Gasteiger partial charge in [0.05, 0.1) is 11.7 Å². The Morgan fingerprint density at radius 2 is 1.77 bits per heavy atom. The highest BCUT2D eigenvalue weighted by molar-refractivity contribution is 5.97. The summed E-state index contributed by atoms with van der Waals surface area (Å²) in [7, 11) is 0. The average Bonchev–Trinajstić information content (AvgIpc) is 3.07. The number of oxazole rings is 1. The van der Waals surface area contributed by atoms with Gasteiger partial charge < -0.3 is 14.2 Å². The summed E-state index contributed by atoms with van der Waals surface area (Å²) in [4.78, 5) is 50.0. The summed E-state index contributed by atoms with van der Waals surface area (Å²) < 4.78 is 5.00. The maximum atomic E-state index is 12.7. The second kappa shape index (κ2) is 6.43. The van der Waals surface area contributed by atoms with Crippen molar-refractivity contribution in [2.45, 2.75) is 0 Å². The molecule has 0 atom stereocenters. The number of rotatable bonds is 2. The van der Waals surface area contributed by atoms with Crippen LogP contribution in [0.5, 0.6) is 0 Å². The molecular weight excluding hydrogens is 338 g/mol. The molecular formula is C17H15N5O4. The third-order valence-electron chi connectivity index (χ3n) is 4.30. The van der Waals surface area contributed by atoms with E-state index in [-0.39, 0.29) is 11.8 Å². The number of hydrogen-bond donors (Lipinski definition) is 1. The number of benzene rings is 1. The number of carbonyl (C=O) groups is 2. The first-order valence-electron chi connectivity index (χ1n) is 8.09. The van der Waals surface area contributed by atoms with Crippen molar-refractivity contribution in [2.75, 3.05) is 26.2 Å². The quantitative estimate of drug-likeness (QED) is 0.718. The normalized spacial score (nSPS) is 14.6. The van der Waals surface area contributed by atoms with Gasteiger partial charge in [-0.25, -0.2) is 9.78 Å².